The number of hydrogen-bond donors (Lipinski definition) is 0. The fourth-order valence-corrected chi connectivity index (χ4v) is 5.10. The molecule has 0 atom stereocenters. The first kappa shape index (κ1) is 18.2. The Labute approximate surface area is 172 Å². The maximum Gasteiger partial charge on any atom is 0.289 e. The van der Waals surface area contributed by atoms with Crippen molar-refractivity contribution in [3.63, 3.8) is 0 Å². The van der Waals surface area contributed by atoms with Gasteiger partial charge in [0.25, 0.3) is 5.91 Å². The zero-order chi connectivity index (χ0) is 19.8. The average molecular weight is 407 g/mol. The van der Waals surface area contributed by atoms with Crippen LogP contribution in [-0.4, -0.2) is 35.5 Å². The summed E-state index contributed by atoms with van der Waals surface area (Å²) in [5.41, 5.74) is 1.71. The number of carbonyl (C=O) groups excluding carboxylic acids is 1. The highest BCUT2D eigenvalue weighted by Crippen LogP contribution is 2.35. The second-order valence-corrected chi connectivity index (χ2v) is 8.37. The minimum absolute atomic E-state index is 0.0496. The molecule has 0 unspecified atom stereocenters. The molecule has 1 aliphatic heterocycles. The van der Waals surface area contributed by atoms with Crippen LogP contribution in [0.3, 0.4) is 0 Å². The smallest absolute Gasteiger partial charge is 0.289 e. The highest BCUT2D eigenvalue weighted by molar-refractivity contribution is 7.18. The quantitative estimate of drug-likeness (QED) is 0.451. The third-order valence-corrected chi connectivity index (χ3v) is 6.66. The van der Waals surface area contributed by atoms with Gasteiger partial charge in [0.1, 0.15) is 0 Å². The first-order valence-corrected chi connectivity index (χ1v) is 10.8. The van der Waals surface area contributed by atoms with E-state index in [0.29, 0.717) is 29.6 Å². The van der Waals surface area contributed by atoms with Crippen molar-refractivity contribution in [2.24, 2.45) is 0 Å². The minimum atomic E-state index is -0.0496. The molecule has 0 saturated carbocycles. The Morgan fingerprint density at radius 1 is 1.21 bits per heavy atom. The first-order valence-electron chi connectivity index (χ1n) is 10.0. The van der Waals surface area contributed by atoms with E-state index in [-0.39, 0.29) is 5.91 Å². The Morgan fingerprint density at radius 2 is 2.03 bits per heavy atom. The Hall–Kier alpha value is -2.86. The molecule has 5 rings (SSSR count). The Morgan fingerprint density at radius 3 is 2.83 bits per heavy atom. The lowest BCUT2D eigenvalue weighted by Gasteiger charge is -2.30. The van der Waals surface area contributed by atoms with Gasteiger partial charge in [-0.25, -0.2) is 4.98 Å². The standard InChI is InChI=1S/C23H22N2O3S/c1-2-27-18-8-5-6-16-14-19(28-21(16)18)23(26)25-12-10-15(11-13-25)22-24-17-7-3-4-9-20(17)29-22/h3-9,14-15H,2,10-13H2,1H3. The summed E-state index contributed by atoms with van der Waals surface area (Å²) in [5.74, 6) is 1.42. The van der Waals surface area contributed by atoms with Gasteiger partial charge < -0.3 is 14.1 Å². The highest BCUT2D eigenvalue weighted by atomic mass is 32.1. The maximum atomic E-state index is 13.0. The lowest BCUT2D eigenvalue weighted by molar-refractivity contribution is 0.0683. The van der Waals surface area contributed by atoms with Gasteiger partial charge in [-0.15, -0.1) is 11.3 Å². The fraction of sp³-hybridized carbons (Fsp3) is 0.304. The van der Waals surface area contributed by atoms with Crippen molar-refractivity contribution in [3.8, 4) is 5.75 Å². The third kappa shape index (κ3) is 3.38. The van der Waals surface area contributed by atoms with Crippen molar-refractivity contribution in [3.05, 3.63) is 59.3 Å². The predicted octanol–water partition coefficient (Wildman–Crippen LogP) is 5.46. The summed E-state index contributed by atoms with van der Waals surface area (Å²) in [7, 11) is 0. The number of carbonyl (C=O) groups is 1. The molecule has 1 aliphatic rings. The number of hydrogen-bond acceptors (Lipinski definition) is 5. The van der Waals surface area contributed by atoms with Crippen LogP contribution in [-0.2, 0) is 0 Å². The Balaban J connectivity index is 1.31. The summed E-state index contributed by atoms with van der Waals surface area (Å²) < 4.78 is 12.7. The SMILES string of the molecule is CCOc1cccc2cc(C(=O)N3CCC(c4nc5ccccc5s4)CC3)oc12. The number of ether oxygens (including phenoxy) is 1. The Bertz CT molecular complexity index is 1140. The van der Waals surface area contributed by atoms with Crippen molar-refractivity contribution < 1.29 is 13.9 Å². The summed E-state index contributed by atoms with van der Waals surface area (Å²) >= 11 is 1.77. The van der Waals surface area contributed by atoms with Gasteiger partial charge >= 0.3 is 0 Å². The van der Waals surface area contributed by atoms with Crippen LogP contribution in [0.4, 0.5) is 0 Å². The second kappa shape index (κ2) is 7.52. The number of furan rings is 1. The summed E-state index contributed by atoms with van der Waals surface area (Å²) in [6.07, 6.45) is 1.85. The van der Waals surface area contributed by atoms with Gasteiger partial charge in [0.05, 0.1) is 21.8 Å². The number of fused-ring (bicyclic) bond motifs is 2. The summed E-state index contributed by atoms with van der Waals surface area (Å²) in [5, 5.41) is 2.08. The molecule has 4 aromatic rings. The molecule has 148 valence electrons. The number of rotatable bonds is 4. The normalized spacial score (nSPS) is 15.3. The van der Waals surface area contributed by atoms with E-state index in [0.717, 1.165) is 36.8 Å². The van der Waals surface area contributed by atoms with Gasteiger partial charge in [0, 0.05) is 24.4 Å². The summed E-state index contributed by atoms with van der Waals surface area (Å²) in [4.78, 5) is 19.7. The van der Waals surface area contributed by atoms with Crippen LogP contribution in [0.2, 0.25) is 0 Å². The molecular weight excluding hydrogens is 384 g/mol. The molecule has 0 spiro atoms. The van der Waals surface area contributed by atoms with Crippen molar-refractivity contribution in [2.45, 2.75) is 25.7 Å². The van der Waals surface area contributed by atoms with Crippen LogP contribution in [0.5, 0.6) is 5.75 Å². The number of thiazole rings is 1. The third-order valence-electron chi connectivity index (χ3n) is 5.46. The summed E-state index contributed by atoms with van der Waals surface area (Å²) in [6.45, 7) is 3.93. The molecule has 2 aromatic heterocycles. The number of piperidine rings is 1. The second-order valence-electron chi connectivity index (χ2n) is 7.30. The van der Waals surface area contributed by atoms with Gasteiger partial charge in [-0.1, -0.05) is 24.3 Å². The van der Waals surface area contributed by atoms with E-state index in [1.54, 1.807) is 11.3 Å². The highest BCUT2D eigenvalue weighted by Gasteiger charge is 2.28. The predicted molar refractivity (Wildman–Crippen MR) is 115 cm³/mol. The van der Waals surface area contributed by atoms with Gasteiger partial charge in [-0.2, -0.15) is 0 Å². The number of likely N-dealkylation sites (tertiary alicyclic amines) is 1. The van der Waals surface area contributed by atoms with Crippen molar-refractivity contribution >= 4 is 38.4 Å². The number of para-hydroxylation sites is 2. The van der Waals surface area contributed by atoms with E-state index in [1.165, 1.54) is 9.71 Å². The molecule has 2 aromatic carbocycles. The number of benzene rings is 2. The lowest BCUT2D eigenvalue weighted by atomic mass is 9.97. The van der Waals surface area contributed by atoms with E-state index in [1.807, 2.05) is 42.2 Å². The van der Waals surface area contributed by atoms with Crippen molar-refractivity contribution in [1.29, 1.82) is 0 Å². The summed E-state index contributed by atoms with van der Waals surface area (Å²) in [6, 6.07) is 15.8. The molecule has 0 N–H and O–H groups in total. The molecule has 1 amide bonds. The van der Waals surface area contributed by atoms with E-state index in [4.69, 9.17) is 14.1 Å². The van der Waals surface area contributed by atoms with E-state index in [2.05, 4.69) is 18.2 Å². The van der Waals surface area contributed by atoms with Crippen molar-refractivity contribution in [2.75, 3.05) is 19.7 Å². The molecule has 1 saturated heterocycles. The van der Waals surface area contributed by atoms with Crippen LogP contribution in [0, 0.1) is 0 Å². The molecule has 5 nitrogen and oxygen atoms in total. The van der Waals surface area contributed by atoms with Gasteiger partial charge in [-0.05, 0) is 44.0 Å². The zero-order valence-electron chi connectivity index (χ0n) is 16.3. The Kier molecular flexibility index (Phi) is 4.72. The zero-order valence-corrected chi connectivity index (χ0v) is 17.1. The van der Waals surface area contributed by atoms with Crippen molar-refractivity contribution in [1.82, 2.24) is 9.88 Å². The monoisotopic (exact) mass is 406 g/mol. The molecule has 0 bridgehead atoms. The van der Waals surface area contributed by atoms with Gasteiger partial charge in [0.2, 0.25) is 0 Å². The van der Waals surface area contributed by atoms with Gasteiger partial charge in [0.15, 0.2) is 17.1 Å². The molecule has 0 aliphatic carbocycles. The molecule has 0 radical (unpaired) electrons. The van der Waals surface area contributed by atoms with Crippen LogP contribution in [0.25, 0.3) is 21.2 Å². The molecule has 3 heterocycles. The fourth-order valence-electron chi connectivity index (χ4n) is 3.96. The van der Waals surface area contributed by atoms with Gasteiger partial charge in [-0.3, -0.25) is 4.79 Å². The molecular formula is C23H22N2O3S. The van der Waals surface area contributed by atoms with Crippen LogP contribution in [0.1, 0.15) is 41.2 Å². The number of aromatic nitrogens is 1. The minimum Gasteiger partial charge on any atom is -0.490 e. The maximum absolute atomic E-state index is 13.0. The lowest BCUT2D eigenvalue weighted by Crippen LogP contribution is -2.37. The van der Waals surface area contributed by atoms with E-state index < -0.39 is 0 Å². The van der Waals surface area contributed by atoms with Crippen LogP contribution in [0.15, 0.2) is 52.9 Å². The van der Waals surface area contributed by atoms with E-state index >= 15 is 0 Å². The molecule has 1 fully saturated rings. The average Bonchev–Trinajstić information content (AvgIpc) is 3.38. The number of nitrogens with zero attached hydrogens (tertiary/aromatic N) is 2. The number of amides is 1. The largest absolute Gasteiger partial charge is 0.490 e. The van der Waals surface area contributed by atoms with Crippen LogP contribution < -0.4 is 4.74 Å². The topological polar surface area (TPSA) is 55.6 Å². The first-order chi connectivity index (χ1) is 14.2. The molecule has 29 heavy (non-hydrogen) atoms. The van der Waals surface area contributed by atoms with E-state index in [9.17, 15) is 4.79 Å². The molecule has 6 heteroatoms. The van der Waals surface area contributed by atoms with Crippen LogP contribution >= 0.6 is 11.3 Å².